The van der Waals surface area contributed by atoms with Crippen LogP contribution >= 0.6 is 25.3 Å². The van der Waals surface area contributed by atoms with Gasteiger partial charge in [-0.25, -0.2) is 4.79 Å². The minimum Gasteiger partial charge on any atom is -0.481 e. The van der Waals surface area contributed by atoms with E-state index in [0.717, 1.165) is 4.90 Å². The molecule has 1 aromatic heterocycles. The van der Waals surface area contributed by atoms with Gasteiger partial charge in [-0.2, -0.15) is 25.3 Å². The summed E-state index contributed by atoms with van der Waals surface area (Å²) in [6.45, 7) is -0.610. The number of benzene rings is 2. The molecule has 20 nitrogen and oxygen atoms in total. The standard InChI is InChI=1S/C42H52N8O12S2/c51-33(15-17-63)45-28(12-6-7-16-50-35(53)13-14-36(50)54)38(57)44-22-34(52)46-31(20-37(55)56)41(60)48-30(19-25-21-43-27-11-5-4-10-26(25)27)40(59)47-29(18-24-8-2-1-3-9-24)39(58)49-32(23-64)42(61)62/h1-5,8-11,21,28-32,43,63-64H,6-7,12-20,22-23H2,(H,44,57)(H,45,51)(H,46,52)(H,47,59)(H,48,60)(H,49,58)(H,55,56)(H,61,62)/t28-,29-,30-,31-,32-/m0/s1. The first-order chi connectivity index (χ1) is 30.6. The van der Waals surface area contributed by atoms with Crippen molar-refractivity contribution in [3.63, 3.8) is 0 Å². The minimum atomic E-state index is -1.78. The molecule has 0 bridgehead atoms. The van der Waals surface area contributed by atoms with E-state index in [0.29, 0.717) is 34.9 Å². The molecule has 5 atom stereocenters. The van der Waals surface area contributed by atoms with Crippen molar-refractivity contribution in [3.05, 3.63) is 71.9 Å². The van der Waals surface area contributed by atoms with Crippen molar-refractivity contribution in [2.45, 2.75) is 88.0 Å². The van der Waals surface area contributed by atoms with Crippen LogP contribution in [0, 0.1) is 0 Å². The molecule has 1 aliphatic heterocycles. The van der Waals surface area contributed by atoms with Crippen LogP contribution in [0.1, 0.15) is 56.1 Å². The van der Waals surface area contributed by atoms with E-state index in [1.807, 2.05) is 0 Å². The van der Waals surface area contributed by atoms with Crippen LogP contribution < -0.4 is 31.9 Å². The number of nitrogens with one attached hydrogen (secondary N) is 7. The minimum absolute atomic E-state index is 0.0163. The molecule has 22 heteroatoms. The summed E-state index contributed by atoms with van der Waals surface area (Å²) in [5.41, 5.74) is 1.86. The Bertz CT molecular complexity index is 2170. The van der Waals surface area contributed by atoms with Gasteiger partial charge < -0.3 is 47.1 Å². The Kier molecular flexibility index (Phi) is 19.6. The topological polar surface area (TPSA) is 302 Å². The maximum Gasteiger partial charge on any atom is 0.327 e. The second-order valence-corrected chi connectivity index (χ2v) is 15.7. The molecule has 8 amide bonds. The van der Waals surface area contributed by atoms with Crippen LogP contribution in [0.15, 0.2) is 60.8 Å². The summed E-state index contributed by atoms with van der Waals surface area (Å²) in [5.74, 6) is -8.61. The third-order valence-corrected chi connectivity index (χ3v) is 10.8. The molecule has 344 valence electrons. The molecular formula is C42H52N8O12S2. The first-order valence-electron chi connectivity index (χ1n) is 20.5. The van der Waals surface area contributed by atoms with Gasteiger partial charge in [0.25, 0.3) is 0 Å². The Morgan fingerprint density at radius 2 is 1.27 bits per heavy atom. The maximum atomic E-state index is 14.2. The van der Waals surface area contributed by atoms with E-state index in [1.165, 1.54) is 0 Å². The molecule has 4 rings (SSSR count). The van der Waals surface area contributed by atoms with Gasteiger partial charge in [-0.1, -0.05) is 48.5 Å². The summed E-state index contributed by atoms with van der Waals surface area (Å²) >= 11 is 8.04. The summed E-state index contributed by atoms with van der Waals surface area (Å²) < 4.78 is 0. The predicted molar refractivity (Wildman–Crippen MR) is 237 cm³/mol. The highest BCUT2D eigenvalue weighted by Gasteiger charge is 2.33. The highest BCUT2D eigenvalue weighted by atomic mass is 32.1. The summed E-state index contributed by atoms with van der Waals surface area (Å²) in [4.78, 5) is 132. The number of imide groups is 1. The van der Waals surface area contributed by atoms with Crippen LogP contribution in [0.3, 0.4) is 0 Å². The van der Waals surface area contributed by atoms with Gasteiger partial charge in [-0.05, 0) is 42.2 Å². The van der Waals surface area contributed by atoms with Gasteiger partial charge in [0, 0.05) is 61.5 Å². The zero-order valence-corrected chi connectivity index (χ0v) is 36.5. The summed E-state index contributed by atoms with van der Waals surface area (Å²) in [6, 6.07) is 8.46. The summed E-state index contributed by atoms with van der Waals surface area (Å²) in [6.07, 6.45) is 1.37. The number of thiol groups is 2. The molecule has 0 unspecified atom stereocenters. The van der Waals surface area contributed by atoms with Crippen molar-refractivity contribution in [2.24, 2.45) is 0 Å². The number of carboxylic acid groups (broad SMARTS) is 2. The molecule has 1 fully saturated rings. The first-order valence-corrected chi connectivity index (χ1v) is 21.7. The fraction of sp³-hybridized carbons (Fsp3) is 0.429. The van der Waals surface area contributed by atoms with Crippen molar-refractivity contribution in [1.82, 2.24) is 41.8 Å². The number of nitrogens with zero attached hydrogens (tertiary/aromatic N) is 1. The second-order valence-electron chi connectivity index (χ2n) is 14.9. The van der Waals surface area contributed by atoms with E-state index in [9.17, 15) is 58.2 Å². The van der Waals surface area contributed by atoms with E-state index in [1.54, 1.807) is 60.8 Å². The Morgan fingerprint density at radius 1 is 0.672 bits per heavy atom. The van der Waals surface area contributed by atoms with Crippen LogP contribution in [-0.2, 0) is 60.8 Å². The molecule has 2 heterocycles. The van der Waals surface area contributed by atoms with Crippen LogP contribution in [0.5, 0.6) is 0 Å². The van der Waals surface area contributed by atoms with Crippen LogP contribution in [0.4, 0.5) is 0 Å². The molecule has 1 aliphatic rings. The lowest BCUT2D eigenvalue weighted by molar-refractivity contribution is -0.141. The molecule has 0 saturated carbocycles. The van der Waals surface area contributed by atoms with Crippen molar-refractivity contribution < 1.29 is 58.2 Å². The Balaban J connectivity index is 1.49. The lowest BCUT2D eigenvalue weighted by Crippen LogP contribution is -2.59. The number of H-pyrrole nitrogens is 1. The molecular weight excluding hydrogens is 873 g/mol. The normalized spacial score (nSPS) is 14.7. The average molecular weight is 925 g/mol. The van der Waals surface area contributed by atoms with Gasteiger partial charge in [0.05, 0.1) is 13.0 Å². The number of likely N-dealkylation sites (tertiary alicyclic amines) is 1. The highest BCUT2D eigenvalue weighted by Crippen LogP contribution is 2.20. The smallest absolute Gasteiger partial charge is 0.327 e. The number of aromatic amines is 1. The van der Waals surface area contributed by atoms with E-state index in [2.05, 4.69) is 62.1 Å². The number of para-hydroxylation sites is 1. The number of carboxylic acids is 2. The number of unbranched alkanes of at least 4 members (excludes halogenated alkanes) is 1. The van der Waals surface area contributed by atoms with Crippen molar-refractivity contribution in [2.75, 3.05) is 24.6 Å². The van der Waals surface area contributed by atoms with Gasteiger partial charge in [0.15, 0.2) is 0 Å². The molecule has 3 aromatic rings. The molecule has 1 saturated heterocycles. The number of hydrogen-bond donors (Lipinski definition) is 11. The Morgan fingerprint density at radius 3 is 1.89 bits per heavy atom. The number of carbonyl (C=O) groups is 10. The highest BCUT2D eigenvalue weighted by molar-refractivity contribution is 7.80. The van der Waals surface area contributed by atoms with E-state index < -0.39 is 90.6 Å². The number of aromatic nitrogens is 1. The fourth-order valence-electron chi connectivity index (χ4n) is 6.84. The molecule has 0 spiro atoms. The van der Waals surface area contributed by atoms with E-state index in [4.69, 9.17) is 0 Å². The largest absolute Gasteiger partial charge is 0.481 e. The number of hydrogen-bond acceptors (Lipinski definition) is 12. The number of rotatable bonds is 26. The zero-order chi connectivity index (χ0) is 46.8. The molecule has 0 radical (unpaired) electrons. The van der Waals surface area contributed by atoms with Gasteiger partial charge in [0.2, 0.25) is 47.3 Å². The lowest BCUT2D eigenvalue weighted by atomic mass is 10.0. The zero-order valence-electron chi connectivity index (χ0n) is 34.7. The molecule has 64 heavy (non-hydrogen) atoms. The van der Waals surface area contributed by atoms with Crippen LogP contribution in [0.25, 0.3) is 10.9 Å². The second kappa shape index (κ2) is 25.0. The molecule has 0 aliphatic carbocycles. The molecule has 9 N–H and O–H groups in total. The lowest BCUT2D eigenvalue weighted by Gasteiger charge is -2.26. The fourth-order valence-corrected chi connectivity index (χ4v) is 7.29. The Hall–Kier alpha value is -6.42. The van der Waals surface area contributed by atoms with Crippen LogP contribution in [-0.4, -0.2) is 134 Å². The summed E-state index contributed by atoms with van der Waals surface area (Å²) in [7, 11) is 0. The third kappa shape index (κ3) is 15.4. The van der Waals surface area contributed by atoms with Gasteiger partial charge >= 0.3 is 11.9 Å². The average Bonchev–Trinajstić information content (AvgIpc) is 3.82. The monoisotopic (exact) mass is 924 g/mol. The van der Waals surface area contributed by atoms with Gasteiger partial charge in [0.1, 0.15) is 30.2 Å². The van der Waals surface area contributed by atoms with Crippen molar-refractivity contribution >= 4 is 95.4 Å². The van der Waals surface area contributed by atoms with Gasteiger partial charge in [-0.3, -0.25) is 48.1 Å². The number of aliphatic carboxylic acids is 2. The van der Waals surface area contributed by atoms with Crippen molar-refractivity contribution in [3.8, 4) is 0 Å². The first kappa shape index (κ1) is 50.2. The summed E-state index contributed by atoms with van der Waals surface area (Å²) in [5, 5.41) is 34.7. The maximum absolute atomic E-state index is 14.2. The van der Waals surface area contributed by atoms with Crippen LogP contribution in [0.2, 0.25) is 0 Å². The van der Waals surface area contributed by atoms with Gasteiger partial charge in [-0.15, -0.1) is 0 Å². The molecule has 2 aromatic carbocycles. The number of amides is 8. The predicted octanol–water partition coefficient (Wildman–Crippen LogP) is -0.378. The third-order valence-electron chi connectivity index (χ3n) is 10.2. The number of carbonyl (C=O) groups excluding carboxylic acids is 8. The van der Waals surface area contributed by atoms with E-state index >= 15 is 0 Å². The number of fused-ring (bicyclic) bond motifs is 1. The van der Waals surface area contributed by atoms with E-state index in [-0.39, 0.29) is 68.4 Å². The quantitative estimate of drug-likeness (QED) is 0.0279. The Labute approximate surface area is 378 Å². The van der Waals surface area contributed by atoms with Crippen molar-refractivity contribution in [1.29, 1.82) is 0 Å². The SMILES string of the molecule is O=C(O)C[C@H](NC(=O)CNC(=O)[C@H](CCCCN1C(=O)CCC1=O)NC(=O)CCS)C(=O)N[C@@H](Cc1c[nH]c2ccccc12)C(=O)N[C@@H](Cc1ccccc1)C(=O)N[C@@H](CS)C(=O)O.